The molecule has 130 valence electrons. The molecule has 4 nitrogen and oxygen atoms in total. The van der Waals surface area contributed by atoms with Gasteiger partial charge in [-0.1, -0.05) is 42.5 Å². The fraction of sp³-hybridized carbons (Fsp3) is 0.333. The van der Waals surface area contributed by atoms with E-state index in [0.717, 1.165) is 22.4 Å². The number of benzene rings is 2. The van der Waals surface area contributed by atoms with Crippen LogP contribution in [0.2, 0.25) is 0 Å². The van der Waals surface area contributed by atoms with Gasteiger partial charge in [0.15, 0.2) is 0 Å². The summed E-state index contributed by atoms with van der Waals surface area (Å²) in [7, 11) is 0. The lowest BCUT2D eigenvalue weighted by Gasteiger charge is -2.25. The molecule has 0 spiro atoms. The highest BCUT2D eigenvalue weighted by molar-refractivity contribution is 5.97. The van der Waals surface area contributed by atoms with Crippen LogP contribution in [0, 0.1) is 19.8 Å². The minimum Gasteiger partial charge on any atom is -0.335 e. The smallest absolute Gasteiger partial charge is 0.229 e. The fourth-order valence-electron chi connectivity index (χ4n) is 3.31. The van der Waals surface area contributed by atoms with Crippen molar-refractivity contribution in [2.75, 3.05) is 11.9 Å². The lowest BCUT2D eigenvalue weighted by Crippen LogP contribution is -2.30. The van der Waals surface area contributed by atoms with Crippen molar-refractivity contribution in [2.24, 2.45) is 5.92 Å². The second-order valence-electron chi connectivity index (χ2n) is 6.77. The molecule has 0 radical (unpaired) electrons. The molecule has 25 heavy (non-hydrogen) atoms. The Kier molecular flexibility index (Phi) is 4.88. The van der Waals surface area contributed by atoms with E-state index in [1.54, 1.807) is 0 Å². The number of hydrogen-bond acceptors (Lipinski definition) is 2. The zero-order valence-electron chi connectivity index (χ0n) is 15.0. The zero-order chi connectivity index (χ0) is 18.0. The Balaban J connectivity index is 1.69. The number of aryl methyl sites for hydroxylation is 1. The van der Waals surface area contributed by atoms with Crippen LogP contribution in [0.15, 0.2) is 48.5 Å². The lowest BCUT2D eigenvalue weighted by molar-refractivity contribution is -0.129. The summed E-state index contributed by atoms with van der Waals surface area (Å²) >= 11 is 0. The van der Waals surface area contributed by atoms with Crippen molar-refractivity contribution in [3.05, 3.63) is 65.2 Å². The maximum Gasteiger partial charge on any atom is 0.229 e. The summed E-state index contributed by atoms with van der Waals surface area (Å²) in [5.41, 5.74) is 4.12. The average Bonchev–Trinajstić information content (AvgIpc) is 3.01. The summed E-state index contributed by atoms with van der Waals surface area (Å²) in [6, 6.07) is 15.8. The molecule has 2 atom stereocenters. The molecular formula is C21H24N2O2. The van der Waals surface area contributed by atoms with E-state index in [0.29, 0.717) is 6.54 Å². The third kappa shape index (κ3) is 3.58. The Morgan fingerprint density at radius 2 is 1.84 bits per heavy atom. The van der Waals surface area contributed by atoms with Gasteiger partial charge in [0.1, 0.15) is 0 Å². The lowest BCUT2D eigenvalue weighted by atomic mass is 10.1. The van der Waals surface area contributed by atoms with Crippen LogP contribution < -0.4 is 5.32 Å². The van der Waals surface area contributed by atoms with Crippen LogP contribution in [0.1, 0.15) is 36.1 Å². The van der Waals surface area contributed by atoms with E-state index < -0.39 is 0 Å². The van der Waals surface area contributed by atoms with Crippen molar-refractivity contribution in [3.63, 3.8) is 0 Å². The molecule has 2 aromatic carbocycles. The summed E-state index contributed by atoms with van der Waals surface area (Å²) in [6.07, 6.45) is 0.272. The molecule has 3 rings (SSSR count). The Labute approximate surface area is 148 Å². The molecule has 1 aliphatic rings. The predicted octanol–water partition coefficient (Wildman–Crippen LogP) is 3.85. The topological polar surface area (TPSA) is 49.4 Å². The second-order valence-corrected chi connectivity index (χ2v) is 6.77. The van der Waals surface area contributed by atoms with E-state index in [9.17, 15) is 9.59 Å². The van der Waals surface area contributed by atoms with Gasteiger partial charge in [-0.25, -0.2) is 0 Å². The molecule has 2 amide bonds. The fourth-order valence-corrected chi connectivity index (χ4v) is 3.31. The van der Waals surface area contributed by atoms with Crippen molar-refractivity contribution >= 4 is 17.5 Å². The molecule has 0 bridgehead atoms. The highest BCUT2D eigenvalue weighted by Crippen LogP contribution is 2.29. The van der Waals surface area contributed by atoms with Gasteiger partial charge in [0.2, 0.25) is 11.8 Å². The van der Waals surface area contributed by atoms with E-state index >= 15 is 0 Å². The second kappa shape index (κ2) is 7.09. The Morgan fingerprint density at radius 1 is 1.12 bits per heavy atom. The van der Waals surface area contributed by atoms with Crippen molar-refractivity contribution in [2.45, 2.75) is 33.2 Å². The highest BCUT2D eigenvalue weighted by Gasteiger charge is 2.37. The zero-order valence-corrected chi connectivity index (χ0v) is 15.0. The normalized spacial score (nSPS) is 18.3. The molecule has 1 fully saturated rings. The Hall–Kier alpha value is -2.62. The van der Waals surface area contributed by atoms with E-state index in [2.05, 4.69) is 5.32 Å². The number of hydrogen-bond donors (Lipinski definition) is 1. The maximum atomic E-state index is 12.6. The van der Waals surface area contributed by atoms with Gasteiger partial charge in [-0.05, 0) is 43.5 Å². The number of amides is 2. The van der Waals surface area contributed by atoms with Crippen LogP contribution in [0.25, 0.3) is 0 Å². The summed E-state index contributed by atoms with van der Waals surface area (Å²) in [5, 5.41) is 2.99. The quantitative estimate of drug-likeness (QED) is 0.922. The average molecular weight is 336 g/mol. The van der Waals surface area contributed by atoms with Gasteiger partial charge in [0, 0.05) is 18.7 Å². The first-order chi connectivity index (χ1) is 12.0. The molecular weight excluding hydrogens is 312 g/mol. The van der Waals surface area contributed by atoms with Crippen molar-refractivity contribution in [1.82, 2.24) is 4.90 Å². The van der Waals surface area contributed by atoms with E-state index in [1.165, 1.54) is 0 Å². The molecule has 0 unspecified atom stereocenters. The molecule has 1 N–H and O–H groups in total. The standard InChI is InChI=1S/C21H24N2O2/c1-14-8-7-11-19(15(14)2)22-21(25)18-12-20(24)23(13-18)16(3)17-9-5-4-6-10-17/h4-11,16,18H,12-13H2,1-3H3,(H,22,25)/t16-,18+/m1/s1. The molecule has 0 saturated carbocycles. The summed E-state index contributed by atoms with van der Waals surface area (Å²) in [5.74, 6) is -0.346. The van der Waals surface area contributed by atoms with Gasteiger partial charge in [-0.15, -0.1) is 0 Å². The van der Waals surface area contributed by atoms with Crippen molar-refractivity contribution in [3.8, 4) is 0 Å². The number of anilines is 1. The number of nitrogens with zero attached hydrogens (tertiary/aromatic N) is 1. The monoisotopic (exact) mass is 336 g/mol. The largest absolute Gasteiger partial charge is 0.335 e. The van der Waals surface area contributed by atoms with Crippen LogP contribution in [0.5, 0.6) is 0 Å². The number of likely N-dealkylation sites (tertiary alicyclic amines) is 1. The van der Waals surface area contributed by atoms with Crippen LogP contribution in [-0.2, 0) is 9.59 Å². The van der Waals surface area contributed by atoms with Gasteiger partial charge >= 0.3 is 0 Å². The van der Waals surface area contributed by atoms with Crippen LogP contribution >= 0.6 is 0 Å². The first kappa shape index (κ1) is 17.2. The minimum absolute atomic E-state index is 0.0211. The third-order valence-electron chi connectivity index (χ3n) is 5.14. The molecule has 2 aromatic rings. The number of rotatable bonds is 4. The third-order valence-corrected chi connectivity index (χ3v) is 5.14. The highest BCUT2D eigenvalue weighted by atomic mass is 16.2. The molecule has 1 aliphatic heterocycles. The van der Waals surface area contributed by atoms with Crippen LogP contribution in [0.4, 0.5) is 5.69 Å². The van der Waals surface area contributed by atoms with Crippen molar-refractivity contribution in [1.29, 1.82) is 0 Å². The van der Waals surface area contributed by atoms with E-state index in [-0.39, 0.29) is 30.2 Å². The molecule has 1 heterocycles. The first-order valence-electron chi connectivity index (χ1n) is 8.69. The number of carbonyl (C=O) groups is 2. The molecule has 0 aliphatic carbocycles. The van der Waals surface area contributed by atoms with Gasteiger partial charge in [-0.2, -0.15) is 0 Å². The molecule has 4 heteroatoms. The summed E-state index contributed by atoms with van der Waals surface area (Å²) in [4.78, 5) is 26.9. The summed E-state index contributed by atoms with van der Waals surface area (Å²) < 4.78 is 0. The molecule has 0 aromatic heterocycles. The predicted molar refractivity (Wildman–Crippen MR) is 99.2 cm³/mol. The number of carbonyl (C=O) groups excluding carboxylic acids is 2. The minimum atomic E-state index is -0.307. The van der Waals surface area contributed by atoms with Gasteiger partial charge in [0.25, 0.3) is 0 Å². The van der Waals surface area contributed by atoms with Crippen molar-refractivity contribution < 1.29 is 9.59 Å². The molecule has 1 saturated heterocycles. The Morgan fingerprint density at radius 3 is 2.56 bits per heavy atom. The van der Waals surface area contributed by atoms with Gasteiger partial charge in [0.05, 0.1) is 12.0 Å². The van der Waals surface area contributed by atoms with Gasteiger partial charge < -0.3 is 10.2 Å². The summed E-state index contributed by atoms with van der Waals surface area (Å²) in [6.45, 7) is 6.49. The van der Waals surface area contributed by atoms with Crippen LogP contribution in [-0.4, -0.2) is 23.3 Å². The SMILES string of the molecule is Cc1cccc(NC(=O)[C@H]2CC(=O)N([C@H](C)c3ccccc3)C2)c1C. The first-order valence-corrected chi connectivity index (χ1v) is 8.69. The Bertz CT molecular complexity index is 786. The maximum absolute atomic E-state index is 12.6. The van der Waals surface area contributed by atoms with E-state index in [1.807, 2.05) is 74.2 Å². The van der Waals surface area contributed by atoms with Gasteiger partial charge in [-0.3, -0.25) is 9.59 Å². The van der Waals surface area contributed by atoms with Crippen LogP contribution in [0.3, 0.4) is 0 Å². The number of nitrogens with one attached hydrogen (secondary N) is 1. The van der Waals surface area contributed by atoms with E-state index in [4.69, 9.17) is 0 Å².